The molecule has 0 bridgehead atoms. The van der Waals surface area contributed by atoms with E-state index in [1.54, 1.807) is 21.1 Å². The monoisotopic (exact) mass is 295 g/mol. The molecule has 0 aromatic heterocycles. The average molecular weight is 295 g/mol. The molecule has 1 rings (SSSR count). The summed E-state index contributed by atoms with van der Waals surface area (Å²) in [5, 5.41) is 3.35. The lowest BCUT2D eigenvalue weighted by Gasteiger charge is -2.32. The molecule has 1 atom stereocenters. The van der Waals surface area contributed by atoms with Gasteiger partial charge < -0.3 is 19.5 Å². The summed E-state index contributed by atoms with van der Waals surface area (Å²) >= 11 is 0. The highest BCUT2D eigenvalue weighted by Crippen LogP contribution is 2.35. The van der Waals surface area contributed by atoms with Crippen molar-refractivity contribution in [3.05, 3.63) is 23.8 Å². The molecule has 118 valence electrons. The van der Waals surface area contributed by atoms with E-state index in [1.165, 1.54) is 0 Å². The second-order valence-corrected chi connectivity index (χ2v) is 4.91. The van der Waals surface area contributed by atoms with E-state index in [9.17, 15) is 4.79 Å². The third-order valence-electron chi connectivity index (χ3n) is 3.37. The number of hydrogen-bond donors (Lipinski definition) is 1. The second kappa shape index (κ2) is 7.88. The Bertz CT molecular complexity index is 475. The zero-order valence-electron chi connectivity index (χ0n) is 13.5. The van der Waals surface area contributed by atoms with Gasteiger partial charge >= 0.3 is 5.97 Å². The number of hydrogen-bond acceptors (Lipinski definition) is 5. The Hall–Kier alpha value is -1.75. The van der Waals surface area contributed by atoms with E-state index in [0.29, 0.717) is 12.4 Å². The van der Waals surface area contributed by atoms with E-state index in [-0.39, 0.29) is 12.4 Å². The molecule has 0 saturated heterocycles. The number of ether oxygens (including phenoxy) is 3. The summed E-state index contributed by atoms with van der Waals surface area (Å²) < 4.78 is 15.8. The maximum absolute atomic E-state index is 11.9. The molecule has 5 heteroatoms. The van der Waals surface area contributed by atoms with Gasteiger partial charge in [-0.1, -0.05) is 6.92 Å². The zero-order chi connectivity index (χ0) is 15.9. The van der Waals surface area contributed by atoms with Gasteiger partial charge in [0.15, 0.2) is 0 Å². The van der Waals surface area contributed by atoms with E-state index in [1.807, 2.05) is 32.0 Å². The van der Waals surface area contributed by atoms with Crippen LogP contribution in [-0.4, -0.2) is 33.3 Å². The highest BCUT2D eigenvalue weighted by Gasteiger charge is 2.32. The van der Waals surface area contributed by atoms with Crippen LogP contribution in [0.1, 0.15) is 32.8 Å². The van der Waals surface area contributed by atoms with Crippen LogP contribution in [0.4, 0.5) is 0 Å². The molecular formula is C16H25NO4. The zero-order valence-corrected chi connectivity index (χ0v) is 13.5. The molecule has 0 heterocycles. The Labute approximate surface area is 126 Å². The first-order chi connectivity index (χ1) is 10.0. The maximum Gasteiger partial charge on any atom is 0.307 e. The lowest BCUT2D eigenvalue weighted by molar-refractivity contribution is -0.144. The van der Waals surface area contributed by atoms with E-state index in [0.717, 1.165) is 17.9 Å². The van der Waals surface area contributed by atoms with Crippen molar-refractivity contribution in [2.45, 2.75) is 32.7 Å². The van der Waals surface area contributed by atoms with E-state index in [2.05, 4.69) is 5.32 Å². The van der Waals surface area contributed by atoms with Gasteiger partial charge in [0.25, 0.3) is 0 Å². The number of esters is 1. The minimum Gasteiger partial charge on any atom is -0.497 e. The van der Waals surface area contributed by atoms with Gasteiger partial charge in [-0.05, 0) is 38.6 Å². The Morgan fingerprint density at radius 3 is 2.48 bits per heavy atom. The summed E-state index contributed by atoms with van der Waals surface area (Å²) in [4.78, 5) is 11.9. The minimum absolute atomic E-state index is 0.220. The molecule has 0 aliphatic carbocycles. The van der Waals surface area contributed by atoms with Crippen molar-refractivity contribution in [1.82, 2.24) is 5.32 Å². The molecule has 21 heavy (non-hydrogen) atoms. The van der Waals surface area contributed by atoms with Crippen LogP contribution in [0.3, 0.4) is 0 Å². The van der Waals surface area contributed by atoms with Gasteiger partial charge in [0, 0.05) is 5.56 Å². The van der Waals surface area contributed by atoms with Crippen molar-refractivity contribution in [3.8, 4) is 11.5 Å². The standard InChI is InChI=1S/C16H25NO4/c1-6-17-16(3,11-15(18)21-7-2)13-10-12(19-4)8-9-14(13)20-5/h8-10,17H,6-7,11H2,1-5H3. The lowest BCUT2D eigenvalue weighted by Crippen LogP contribution is -2.42. The minimum atomic E-state index is -0.582. The van der Waals surface area contributed by atoms with E-state index >= 15 is 0 Å². The molecule has 1 aromatic carbocycles. The first-order valence-electron chi connectivity index (χ1n) is 7.13. The van der Waals surface area contributed by atoms with E-state index in [4.69, 9.17) is 14.2 Å². The molecule has 0 amide bonds. The fourth-order valence-corrected chi connectivity index (χ4v) is 2.39. The van der Waals surface area contributed by atoms with Gasteiger partial charge in [-0.2, -0.15) is 0 Å². The van der Waals surface area contributed by atoms with Crippen LogP contribution in [0.2, 0.25) is 0 Å². The number of carbonyl (C=O) groups excluding carboxylic acids is 1. The van der Waals surface area contributed by atoms with Gasteiger partial charge in [0.05, 0.1) is 32.8 Å². The van der Waals surface area contributed by atoms with Crippen LogP contribution >= 0.6 is 0 Å². The Morgan fingerprint density at radius 1 is 1.24 bits per heavy atom. The molecule has 0 aliphatic heterocycles. The van der Waals surface area contributed by atoms with Crippen molar-refractivity contribution in [3.63, 3.8) is 0 Å². The largest absolute Gasteiger partial charge is 0.497 e. The number of benzene rings is 1. The molecule has 0 radical (unpaired) electrons. The normalized spacial score (nSPS) is 13.4. The summed E-state index contributed by atoms with van der Waals surface area (Å²) in [6, 6.07) is 5.56. The van der Waals surface area contributed by atoms with Crippen LogP contribution in [-0.2, 0) is 15.1 Å². The Balaban J connectivity index is 3.21. The number of methoxy groups -OCH3 is 2. The summed E-state index contributed by atoms with van der Waals surface area (Å²) in [7, 11) is 3.23. The maximum atomic E-state index is 11.9. The Morgan fingerprint density at radius 2 is 1.95 bits per heavy atom. The summed E-state index contributed by atoms with van der Waals surface area (Å²) in [6.07, 6.45) is 0.220. The first kappa shape index (κ1) is 17.3. The number of rotatable bonds is 8. The highest BCUT2D eigenvalue weighted by molar-refractivity contribution is 5.71. The summed E-state index contributed by atoms with van der Waals surface area (Å²) in [6.45, 7) is 6.85. The SMILES string of the molecule is CCNC(C)(CC(=O)OCC)c1cc(OC)ccc1OC. The van der Waals surface area contributed by atoms with Crippen LogP contribution in [0.5, 0.6) is 11.5 Å². The first-order valence-corrected chi connectivity index (χ1v) is 7.13. The van der Waals surface area contributed by atoms with Gasteiger partial charge in [-0.3, -0.25) is 4.79 Å². The van der Waals surface area contributed by atoms with Crippen molar-refractivity contribution in [2.75, 3.05) is 27.4 Å². The smallest absolute Gasteiger partial charge is 0.307 e. The fourth-order valence-electron chi connectivity index (χ4n) is 2.39. The quantitative estimate of drug-likeness (QED) is 0.747. The molecule has 5 nitrogen and oxygen atoms in total. The molecule has 0 saturated carbocycles. The predicted octanol–water partition coefficient (Wildman–Crippen LogP) is 2.48. The third-order valence-corrected chi connectivity index (χ3v) is 3.37. The van der Waals surface area contributed by atoms with Crippen LogP contribution in [0.15, 0.2) is 18.2 Å². The van der Waals surface area contributed by atoms with E-state index < -0.39 is 5.54 Å². The van der Waals surface area contributed by atoms with Gasteiger partial charge in [0.1, 0.15) is 11.5 Å². The predicted molar refractivity (Wildman–Crippen MR) is 81.8 cm³/mol. The summed E-state index contributed by atoms with van der Waals surface area (Å²) in [5.74, 6) is 1.19. The van der Waals surface area contributed by atoms with Crippen molar-refractivity contribution in [1.29, 1.82) is 0 Å². The third kappa shape index (κ3) is 4.36. The molecular weight excluding hydrogens is 270 g/mol. The number of nitrogens with one attached hydrogen (secondary N) is 1. The molecule has 0 fully saturated rings. The summed E-state index contributed by atoms with van der Waals surface area (Å²) in [5.41, 5.74) is 0.292. The lowest BCUT2D eigenvalue weighted by atomic mass is 9.87. The molecule has 0 aliphatic rings. The molecule has 1 unspecified atom stereocenters. The molecule has 1 N–H and O–H groups in total. The van der Waals surface area contributed by atoms with Crippen molar-refractivity contribution >= 4 is 5.97 Å². The average Bonchev–Trinajstić information content (AvgIpc) is 2.46. The van der Waals surface area contributed by atoms with Gasteiger partial charge in [-0.15, -0.1) is 0 Å². The van der Waals surface area contributed by atoms with Gasteiger partial charge in [0.2, 0.25) is 0 Å². The molecule has 0 spiro atoms. The van der Waals surface area contributed by atoms with Crippen LogP contribution < -0.4 is 14.8 Å². The van der Waals surface area contributed by atoms with Crippen molar-refractivity contribution in [2.24, 2.45) is 0 Å². The topological polar surface area (TPSA) is 56.8 Å². The highest BCUT2D eigenvalue weighted by atomic mass is 16.5. The molecule has 1 aromatic rings. The van der Waals surface area contributed by atoms with Crippen LogP contribution in [0, 0.1) is 0 Å². The number of carbonyl (C=O) groups is 1. The van der Waals surface area contributed by atoms with Gasteiger partial charge in [-0.25, -0.2) is 0 Å². The Kier molecular flexibility index (Phi) is 6.49. The van der Waals surface area contributed by atoms with Crippen LogP contribution in [0.25, 0.3) is 0 Å². The van der Waals surface area contributed by atoms with Crippen molar-refractivity contribution < 1.29 is 19.0 Å². The second-order valence-electron chi connectivity index (χ2n) is 4.91. The fraction of sp³-hybridized carbons (Fsp3) is 0.562.